The molecule has 0 aromatic rings. The number of esters is 1. The highest BCUT2D eigenvalue weighted by Crippen LogP contribution is 2.54. The van der Waals surface area contributed by atoms with E-state index in [9.17, 15) is 9.90 Å². The molecule has 0 radical (unpaired) electrons. The van der Waals surface area contributed by atoms with Crippen LogP contribution in [0.5, 0.6) is 0 Å². The summed E-state index contributed by atoms with van der Waals surface area (Å²) in [5.41, 5.74) is 0.917. The maximum Gasteiger partial charge on any atom is 0.331 e. The number of piperidine rings is 1. The molecule has 0 aromatic heterocycles. The summed E-state index contributed by atoms with van der Waals surface area (Å²) in [6.07, 6.45) is 8.91. The third-order valence-electron chi connectivity index (χ3n) is 6.61. The van der Waals surface area contributed by atoms with Gasteiger partial charge >= 0.3 is 5.97 Å². The molecule has 2 aliphatic carbocycles. The first-order valence-corrected chi connectivity index (χ1v) is 8.79. The lowest BCUT2D eigenvalue weighted by Crippen LogP contribution is -2.56. The lowest BCUT2D eigenvalue weighted by Gasteiger charge is -2.41. The van der Waals surface area contributed by atoms with Crippen molar-refractivity contribution in [2.75, 3.05) is 6.54 Å². The largest absolute Gasteiger partial charge is 0.450 e. The van der Waals surface area contributed by atoms with Gasteiger partial charge in [-0.25, -0.2) is 4.79 Å². The third kappa shape index (κ3) is 1.73. The molecule has 120 valence electrons. The lowest BCUT2D eigenvalue weighted by molar-refractivity contribution is -0.148. The van der Waals surface area contributed by atoms with Crippen LogP contribution in [0.4, 0.5) is 0 Å². The Morgan fingerprint density at radius 1 is 1.36 bits per heavy atom. The van der Waals surface area contributed by atoms with Gasteiger partial charge in [-0.2, -0.15) is 0 Å². The normalized spacial score (nSPS) is 50.0. The fourth-order valence-electron chi connectivity index (χ4n) is 5.58. The minimum atomic E-state index is -0.306. The van der Waals surface area contributed by atoms with Crippen LogP contribution in [0.25, 0.3) is 0 Å². The molecule has 3 aliphatic heterocycles. The van der Waals surface area contributed by atoms with Crippen LogP contribution >= 0.6 is 0 Å². The first-order chi connectivity index (χ1) is 10.7. The standard InChI is InChI=1S/C17H24N2O3/c20-12-7-11(8-12)18-13-5-10-6-16(21)22-17(10)9-14(13)19-4-2-1-3-15(17)19/h6,11-15,18,20H,1-5,7-9H2/t11?,12?,13?,14-,15+,17?/m0/s1. The Hall–Kier alpha value is -0.910. The van der Waals surface area contributed by atoms with Gasteiger partial charge in [0.05, 0.1) is 12.1 Å². The zero-order chi connectivity index (χ0) is 14.9. The molecule has 4 fully saturated rings. The van der Waals surface area contributed by atoms with Crippen LogP contribution in [0.3, 0.4) is 0 Å². The highest BCUT2D eigenvalue weighted by molar-refractivity contribution is 5.87. The highest BCUT2D eigenvalue weighted by atomic mass is 16.6. The van der Waals surface area contributed by atoms with Gasteiger partial charge in [0.2, 0.25) is 0 Å². The van der Waals surface area contributed by atoms with Crippen molar-refractivity contribution in [1.29, 1.82) is 0 Å². The van der Waals surface area contributed by atoms with Crippen molar-refractivity contribution < 1.29 is 14.6 Å². The minimum absolute atomic E-state index is 0.123. The van der Waals surface area contributed by atoms with Crippen molar-refractivity contribution in [2.24, 2.45) is 0 Å². The van der Waals surface area contributed by atoms with Crippen LogP contribution in [-0.2, 0) is 9.53 Å². The minimum Gasteiger partial charge on any atom is -0.450 e. The van der Waals surface area contributed by atoms with Gasteiger partial charge in [0.15, 0.2) is 5.60 Å². The summed E-state index contributed by atoms with van der Waals surface area (Å²) in [5, 5.41) is 13.3. The predicted octanol–water partition coefficient (Wildman–Crippen LogP) is 0.720. The summed E-state index contributed by atoms with van der Waals surface area (Å²) in [7, 11) is 0. The van der Waals surface area contributed by atoms with Gasteiger partial charge in [0, 0.05) is 30.6 Å². The number of fused-ring (bicyclic) bond motifs is 3. The Kier molecular flexibility index (Phi) is 2.80. The summed E-state index contributed by atoms with van der Waals surface area (Å²) < 4.78 is 5.88. The molecule has 2 bridgehead atoms. The summed E-state index contributed by atoms with van der Waals surface area (Å²) in [4.78, 5) is 14.6. The first-order valence-electron chi connectivity index (χ1n) is 8.79. The van der Waals surface area contributed by atoms with E-state index in [2.05, 4.69) is 10.2 Å². The summed E-state index contributed by atoms with van der Waals surface area (Å²) in [6.45, 7) is 1.13. The van der Waals surface area contributed by atoms with E-state index in [0.717, 1.165) is 38.6 Å². The van der Waals surface area contributed by atoms with Crippen LogP contribution in [0, 0.1) is 0 Å². The molecule has 4 atom stereocenters. The Morgan fingerprint density at radius 3 is 3.05 bits per heavy atom. The van der Waals surface area contributed by atoms with Gasteiger partial charge in [-0.15, -0.1) is 0 Å². The highest BCUT2D eigenvalue weighted by Gasteiger charge is 2.63. The van der Waals surface area contributed by atoms with Crippen molar-refractivity contribution in [2.45, 2.75) is 80.8 Å². The van der Waals surface area contributed by atoms with Crippen molar-refractivity contribution >= 4 is 5.97 Å². The van der Waals surface area contributed by atoms with Gasteiger partial charge in [-0.1, -0.05) is 6.42 Å². The summed E-state index contributed by atoms with van der Waals surface area (Å²) in [5.74, 6) is -0.138. The topological polar surface area (TPSA) is 61.8 Å². The molecule has 3 heterocycles. The van der Waals surface area contributed by atoms with Gasteiger partial charge in [-0.3, -0.25) is 4.90 Å². The van der Waals surface area contributed by atoms with E-state index in [4.69, 9.17) is 4.74 Å². The van der Waals surface area contributed by atoms with E-state index in [1.807, 2.05) is 0 Å². The molecule has 2 saturated heterocycles. The number of hydrogen-bond donors (Lipinski definition) is 2. The molecule has 5 rings (SSSR count). The second-order valence-electron chi connectivity index (χ2n) is 7.80. The van der Waals surface area contributed by atoms with Gasteiger partial charge in [-0.05, 0) is 44.2 Å². The number of carbonyl (C=O) groups excluding carboxylic acids is 1. The van der Waals surface area contributed by atoms with Gasteiger partial charge in [0.25, 0.3) is 0 Å². The number of aliphatic hydroxyl groups is 1. The average molecular weight is 304 g/mol. The number of ether oxygens (including phenoxy) is 1. The monoisotopic (exact) mass is 304 g/mol. The van der Waals surface area contributed by atoms with Crippen molar-refractivity contribution in [3.05, 3.63) is 11.6 Å². The molecule has 0 aromatic carbocycles. The Balaban J connectivity index is 1.45. The molecule has 2 unspecified atom stereocenters. The summed E-state index contributed by atoms with van der Waals surface area (Å²) >= 11 is 0. The average Bonchev–Trinajstić information content (AvgIpc) is 2.95. The molecule has 5 nitrogen and oxygen atoms in total. The predicted molar refractivity (Wildman–Crippen MR) is 80.2 cm³/mol. The number of nitrogens with zero attached hydrogens (tertiary/aromatic N) is 1. The molecule has 1 spiro atoms. The second kappa shape index (κ2) is 4.56. The number of hydrogen-bond acceptors (Lipinski definition) is 5. The molecule has 5 aliphatic rings. The number of carbonyl (C=O) groups is 1. The molecular formula is C17H24N2O3. The Morgan fingerprint density at radius 2 is 2.23 bits per heavy atom. The smallest absolute Gasteiger partial charge is 0.331 e. The van der Waals surface area contributed by atoms with Crippen molar-refractivity contribution in [3.63, 3.8) is 0 Å². The number of rotatable bonds is 2. The summed E-state index contributed by atoms with van der Waals surface area (Å²) in [6, 6.07) is 1.71. The molecule has 2 saturated carbocycles. The van der Waals surface area contributed by atoms with Crippen LogP contribution in [-0.4, -0.2) is 58.4 Å². The van der Waals surface area contributed by atoms with Gasteiger partial charge in [0.1, 0.15) is 0 Å². The van der Waals surface area contributed by atoms with E-state index in [-0.39, 0.29) is 17.7 Å². The SMILES string of the molecule is O=C1C=C2CC(NC3CC(O)C3)[C@@H]3CC2(O1)[C@H]1CCCCN31. The van der Waals surface area contributed by atoms with Crippen molar-refractivity contribution in [1.82, 2.24) is 10.2 Å². The van der Waals surface area contributed by atoms with E-state index < -0.39 is 0 Å². The second-order valence-corrected chi connectivity index (χ2v) is 7.80. The Bertz CT molecular complexity index is 542. The van der Waals surface area contributed by atoms with Crippen LogP contribution < -0.4 is 5.32 Å². The molecule has 22 heavy (non-hydrogen) atoms. The Labute approximate surface area is 130 Å². The van der Waals surface area contributed by atoms with E-state index in [1.54, 1.807) is 6.08 Å². The van der Waals surface area contributed by atoms with Crippen LogP contribution in [0.2, 0.25) is 0 Å². The van der Waals surface area contributed by atoms with Crippen LogP contribution in [0.15, 0.2) is 11.6 Å². The van der Waals surface area contributed by atoms with Gasteiger partial charge < -0.3 is 15.2 Å². The zero-order valence-electron chi connectivity index (χ0n) is 12.8. The van der Waals surface area contributed by atoms with E-state index in [0.29, 0.717) is 24.2 Å². The quantitative estimate of drug-likeness (QED) is 0.736. The van der Waals surface area contributed by atoms with E-state index in [1.165, 1.54) is 18.4 Å². The molecule has 5 heteroatoms. The van der Waals surface area contributed by atoms with Crippen LogP contribution in [0.1, 0.15) is 44.9 Å². The van der Waals surface area contributed by atoms with Crippen molar-refractivity contribution in [3.8, 4) is 0 Å². The maximum absolute atomic E-state index is 11.9. The fraction of sp³-hybridized carbons (Fsp3) is 0.824. The zero-order valence-corrected chi connectivity index (χ0v) is 12.8. The number of nitrogens with one attached hydrogen (secondary N) is 1. The number of aliphatic hydroxyl groups excluding tert-OH is 1. The molecular weight excluding hydrogens is 280 g/mol. The third-order valence-corrected chi connectivity index (χ3v) is 6.61. The van der Waals surface area contributed by atoms with E-state index >= 15 is 0 Å². The molecule has 2 N–H and O–H groups in total. The lowest BCUT2D eigenvalue weighted by atomic mass is 9.75. The first kappa shape index (κ1) is 13.5. The fourth-order valence-corrected chi connectivity index (χ4v) is 5.58. The maximum atomic E-state index is 11.9. The molecule has 0 amide bonds.